The van der Waals surface area contributed by atoms with E-state index in [4.69, 9.17) is 9.47 Å². The number of ketones is 1. The van der Waals surface area contributed by atoms with Gasteiger partial charge in [0.2, 0.25) is 0 Å². The molecule has 8 heteroatoms. The van der Waals surface area contributed by atoms with Gasteiger partial charge < -0.3 is 20.1 Å². The van der Waals surface area contributed by atoms with Crippen LogP contribution in [0.3, 0.4) is 0 Å². The Kier molecular flexibility index (Phi) is 6.33. The Hall–Kier alpha value is -4.33. The maximum absolute atomic E-state index is 13.7. The number of Topliss-reactive ketones (excluding diaryl/α,β-unsaturated/α-hetero) is 1. The highest BCUT2D eigenvalue weighted by Gasteiger charge is 2.36. The van der Waals surface area contributed by atoms with Crippen LogP contribution in [0.15, 0.2) is 78.0 Å². The molecule has 3 aromatic carbocycles. The van der Waals surface area contributed by atoms with Gasteiger partial charge in [0.05, 0.1) is 36.1 Å². The van der Waals surface area contributed by atoms with Crippen LogP contribution in [0.4, 0.5) is 17.1 Å². The Labute approximate surface area is 209 Å². The third kappa shape index (κ3) is 4.37. The number of nitro benzene ring substituents is 1. The van der Waals surface area contributed by atoms with Crippen LogP contribution in [0.5, 0.6) is 11.5 Å². The van der Waals surface area contributed by atoms with E-state index in [2.05, 4.69) is 10.6 Å². The van der Waals surface area contributed by atoms with Gasteiger partial charge in [-0.15, -0.1) is 0 Å². The summed E-state index contributed by atoms with van der Waals surface area (Å²) in [6, 6.07) is 19.6. The van der Waals surface area contributed by atoms with Crippen LogP contribution < -0.4 is 20.1 Å². The first-order valence-corrected chi connectivity index (χ1v) is 11.9. The van der Waals surface area contributed by atoms with Crippen molar-refractivity contribution in [2.45, 2.75) is 31.7 Å². The molecule has 1 aliphatic carbocycles. The summed E-state index contributed by atoms with van der Waals surface area (Å²) in [7, 11) is 1.61. The number of anilines is 2. The van der Waals surface area contributed by atoms with Crippen molar-refractivity contribution in [1.82, 2.24) is 0 Å². The number of nitrogens with one attached hydrogen (secondary N) is 2. The van der Waals surface area contributed by atoms with E-state index in [9.17, 15) is 14.9 Å². The van der Waals surface area contributed by atoms with Crippen molar-refractivity contribution < 1.29 is 19.2 Å². The second kappa shape index (κ2) is 9.73. The molecule has 0 spiro atoms. The number of hydrogen-bond acceptors (Lipinski definition) is 7. The molecular formula is C28H27N3O5. The molecule has 36 heavy (non-hydrogen) atoms. The Morgan fingerprint density at radius 3 is 2.39 bits per heavy atom. The molecule has 0 aromatic heterocycles. The number of hydrogen-bond donors (Lipinski definition) is 2. The van der Waals surface area contributed by atoms with E-state index >= 15 is 0 Å². The number of rotatable bonds is 6. The molecular weight excluding hydrogens is 458 g/mol. The highest BCUT2D eigenvalue weighted by Crippen LogP contribution is 2.45. The summed E-state index contributed by atoms with van der Waals surface area (Å²) in [6.07, 6.45) is 0.983. The zero-order valence-corrected chi connectivity index (χ0v) is 20.1. The first kappa shape index (κ1) is 23.4. The second-order valence-electron chi connectivity index (χ2n) is 8.86. The van der Waals surface area contributed by atoms with Gasteiger partial charge in [-0.25, -0.2) is 0 Å². The van der Waals surface area contributed by atoms with Crippen molar-refractivity contribution in [2.75, 3.05) is 24.4 Å². The summed E-state index contributed by atoms with van der Waals surface area (Å²) in [4.78, 5) is 24.4. The maximum Gasteiger partial charge on any atom is 0.269 e. The normalized spacial score (nSPS) is 18.8. The van der Waals surface area contributed by atoms with E-state index in [1.165, 1.54) is 12.1 Å². The minimum absolute atomic E-state index is 0.0135. The van der Waals surface area contributed by atoms with E-state index < -0.39 is 11.0 Å². The average molecular weight is 486 g/mol. The number of carbonyl (C=O) groups excluding carboxylic acids is 1. The molecule has 0 saturated carbocycles. The molecule has 0 amide bonds. The summed E-state index contributed by atoms with van der Waals surface area (Å²) in [6.45, 7) is 2.46. The smallest absolute Gasteiger partial charge is 0.269 e. The molecule has 0 bridgehead atoms. The van der Waals surface area contributed by atoms with E-state index in [0.29, 0.717) is 36.5 Å². The van der Waals surface area contributed by atoms with Crippen molar-refractivity contribution in [3.63, 3.8) is 0 Å². The molecule has 1 heterocycles. The monoisotopic (exact) mass is 485 g/mol. The van der Waals surface area contributed by atoms with Crippen LogP contribution in [-0.4, -0.2) is 24.4 Å². The number of para-hydroxylation sites is 2. The Bertz CT molecular complexity index is 1350. The largest absolute Gasteiger partial charge is 0.493 e. The molecule has 5 rings (SSSR count). The predicted molar refractivity (Wildman–Crippen MR) is 138 cm³/mol. The first-order valence-electron chi connectivity index (χ1n) is 11.9. The quantitative estimate of drug-likeness (QED) is 0.327. The summed E-state index contributed by atoms with van der Waals surface area (Å²) in [5.41, 5.74) is 5.07. The van der Waals surface area contributed by atoms with Crippen LogP contribution in [0, 0.1) is 10.1 Å². The lowest BCUT2D eigenvalue weighted by Crippen LogP contribution is -2.26. The number of allylic oxidation sites excluding steroid dienone is 1. The van der Waals surface area contributed by atoms with Crippen LogP contribution in [0.25, 0.3) is 0 Å². The lowest BCUT2D eigenvalue weighted by atomic mass is 9.78. The van der Waals surface area contributed by atoms with Gasteiger partial charge in [0.1, 0.15) is 0 Å². The number of non-ortho nitro benzene ring substituents is 1. The van der Waals surface area contributed by atoms with Crippen LogP contribution in [-0.2, 0) is 4.79 Å². The molecule has 2 aliphatic rings. The third-order valence-electron chi connectivity index (χ3n) is 6.71. The molecule has 0 saturated heterocycles. The standard InChI is InChI=1S/C28H27N3O5/c1-3-36-25-13-10-18(16-26(25)35-2)19-14-23-27(24(32)15-19)28(17-8-11-20(12-9-17)31(33)34)30-22-7-5-4-6-21(22)29-23/h4-13,16,19,28-30H,3,14-15H2,1-2H3. The predicted octanol–water partition coefficient (Wildman–Crippen LogP) is 5.98. The summed E-state index contributed by atoms with van der Waals surface area (Å²) in [5, 5.41) is 18.2. The lowest BCUT2D eigenvalue weighted by molar-refractivity contribution is -0.384. The SMILES string of the molecule is CCOc1ccc(C2CC(=O)C3=C(C2)Nc2ccccc2NC3c2ccc([N+](=O)[O-])cc2)cc1OC. The summed E-state index contributed by atoms with van der Waals surface area (Å²) < 4.78 is 11.2. The van der Waals surface area contributed by atoms with Crippen molar-refractivity contribution >= 4 is 22.8 Å². The zero-order valence-electron chi connectivity index (χ0n) is 20.1. The van der Waals surface area contributed by atoms with Crippen molar-refractivity contribution in [2.24, 2.45) is 0 Å². The number of carbonyl (C=O) groups is 1. The van der Waals surface area contributed by atoms with Crippen molar-refractivity contribution in [3.05, 3.63) is 99.2 Å². The number of ether oxygens (including phenoxy) is 2. The van der Waals surface area contributed by atoms with E-state index in [1.54, 1.807) is 19.2 Å². The number of benzene rings is 3. The number of methoxy groups -OCH3 is 1. The van der Waals surface area contributed by atoms with Gasteiger partial charge in [0, 0.05) is 29.8 Å². The third-order valence-corrected chi connectivity index (χ3v) is 6.71. The maximum atomic E-state index is 13.7. The molecule has 2 atom stereocenters. The van der Waals surface area contributed by atoms with E-state index in [0.717, 1.165) is 28.2 Å². The van der Waals surface area contributed by atoms with Crippen LogP contribution in [0.2, 0.25) is 0 Å². The van der Waals surface area contributed by atoms with E-state index in [1.807, 2.05) is 49.4 Å². The zero-order chi connectivity index (χ0) is 25.2. The Balaban J connectivity index is 1.55. The molecule has 1 aliphatic heterocycles. The first-order chi connectivity index (χ1) is 17.5. The van der Waals surface area contributed by atoms with Crippen LogP contribution >= 0.6 is 0 Å². The summed E-state index contributed by atoms with van der Waals surface area (Å²) >= 11 is 0. The van der Waals surface area contributed by atoms with Gasteiger partial charge in [-0.3, -0.25) is 14.9 Å². The topological polar surface area (TPSA) is 103 Å². The van der Waals surface area contributed by atoms with Gasteiger partial charge in [-0.1, -0.05) is 18.2 Å². The minimum atomic E-state index is -0.430. The highest BCUT2D eigenvalue weighted by atomic mass is 16.6. The van der Waals surface area contributed by atoms with Crippen molar-refractivity contribution in [3.8, 4) is 11.5 Å². The fraction of sp³-hybridized carbons (Fsp3) is 0.250. The minimum Gasteiger partial charge on any atom is -0.493 e. The number of nitro groups is 1. The molecule has 0 radical (unpaired) electrons. The van der Waals surface area contributed by atoms with Gasteiger partial charge in [0.25, 0.3) is 5.69 Å². The number of nitrogens with zero attached hydrogens (tertiary/aromatic N) is 1. The van der Waals surface area contributed by atoms with Gasteiger partial charge in [-0.2, -0.15) is 0 Å². The average Bonchev–Trinajstić information content (AvgIpc) is 3.06. The Morgan fingerprint density at radius 2 is 1.69 bits per heavy atom. The highest BCUT2D eigenvalue weighted by molar-refractivity contribution is 6.01. The van der Waals surface area contributed by atoms with Crippen molar-refractivity contribution in [1.29, 1.82) is 0 Å². The molecule has 8 nitrogen and oxygen atoms in total. The summed E-state index contributed by atoms with van der Waals surface area (Å²) in [5.74, 6) is 1.32. The molecule has 0 fully saturated rings. The van der Waals surface area contributed by atoms with Gasteiger partial charge in [-0.05, 0) is 66.8 Å². The van der Waals surface area contributed by atoms with E-state index in [-0.39, 0.29) is 17.4 Å². The second-order valence-corrected chi connectivity index (χ2v) is 8.86. The molecule has 2 unspecified atom stereocenters. The molecule has 184 valence electrons. The number of fused-ring (bicyclic) bond motifs is 1. The molecule has 3 aromatic rings. The van der Waals surface area contributed by atoms with Gasteiger partial charge >= 0.3 is 0 Å². The Morgan fingerprint density at radius 1 is 0.972 bits per heavy atom. The lowest BCUT2D eigenvalue weighted by Gasteiger charge is -2.30. The van der Waals surface area contributed by atoms with Crippen LogP contribution in [0.1, 0.15) is 42.9 Å². The van der Waals surface area contributed by atoms with Gasteiger partial charge in [0.15, 0.2) is 17.3 Å². The molecule has 2 N–H and O–H groups in total. The fourth-order valence-corrected chi connectivity index (χ4v) is 4.98. The fourth-order valence-electron chi connectivity index (χ4n) is 4.98.